The molecule has 2 aromatic carbocycles. The van der Waals surface area contributed by atoms with E-state index in [2.05, 4.69) is 24.3 Å². The van der Waals surface area contributed by atoms with Crippen LogP contribution in [0.15, 0.2) is 54.6 Å². The molecule has 1 fully saturated rings. The third-order valence-corrected chi connectivity index (χ3v) is 2.81. The molecule has 0 unspecified atom stereocenters. The normalized spacial score (nSPS) is 16.2. The molecule has 0 aliphatic carbocycles. The van der Waals surface area contributed by atoms with E-state index in [9.17, 15) is 0 Å². The Morgan fingerprint density at radius 1 is 1.05 bits per heavy atom. The molecule has 1 heterocycles. The topological polar surface area (TPSA) is 21.8 Å². The van der Waals surface area contributed by atoms with Crippen LogP contribution in [0.1, 0.15) is 31.1 Å². The van der Waals surface area contributed by atoms with Gasteiger partial charge in [0.25, 0.3) is 0 Å². The Morgan fingerprint density at radius 2 is 1.79 bits per heavy atom. The van der Waals surface area contributed by atoms with Crippen LogP contribution in [0.4, 0.5) is 0 Å². The Labute approximate surface area is 115 Å². The van der Waals surface area contributed by atoms with E-state index in [1.54, 1.807) is 0 Å². The molecule has 2 heteroatoms. The fourth-order valence-corrected chi connectivity index (χ4v) is 1.79. The molecule has 0 N–H and O–H groups in total. The lowest BCUT2D eigenvalue weighted by Gasteiger charge is -2.07. The molecule has 1 saturated heterocycles. The van der Waals surface area contributed by atoms with Crippen molar-refractivity contribution in [1.29, 1.82) is 0 Å². The number of hydrogen-bond acceptors (Lipinski definition) is 2. The smallest absolute Gasteiger partial charge is 0.120 e. The van der Waals surface area contributed by atoms with Gasteiger partial charge in [-0.25, -0.2) is 0 Å². The van der Waals surface area contributed by atoms with E-state index in [0.29, 0.717) is 6.61 Å². The Kier molecular flexibility index (Phi) is 4.99. The minimum Gasteiger partial charge on any atom is -0.489 e. The molecule has 0 saturated carbocycles. The summed E-state index contributed by atoms with van der Waals surface area (Å²) >= 11 is 0. The number of rotatable bonds is 4. The molecule has 0 bridgehead atoms. The van der Waals surface area contributed by atoms with E-state index in [1.165, 1.54) is 11.1 Å². The number of ether oxygens (including phenoxy) is 2. The van der Waals surface area contributed by atoms with Crippen molar-refractivity contribution < 1.29 is 9.47 Å². The first-order valence-corrected chi connectivity index (χ1v) is 6.80. The van der Waals surface area contributed by atoms with Crippen molar-refractivity contribution in [2.24, 2.45) is 0 Å². The maximum absolute atomic E-state index is 5.76. The maximum atomic E-state index is 5.76. The van der Waals surface area contributed by atoms with Crippen molar-refractivity contribution in [2.45, 2.75) is 26.6 Å². The lowest BCUT2D eigenvalue weighted by molar-refractivity contribution is 0.305. The Hall–Kier alpha value is -1.80. The van der Waals surface area contributed by atoms with E-state index in [0.717, 1.165) is 12.4 Å². The molecule has 100 valence electrons. The zero-order valence-electron chi connectivity index (χ0n) is 11.5. The van der Waals surface area contributed by atoms with Crippen molar-refractivity contribution in [3.05, 3.63) is 65.7 Å². The van der Waals surface area contributed by atoms with Crippen LogP contribution < -0.4 is 4.74 Å². The lowest BCUT2D eigenvalue weighted by atomic mass is 10.1. The predicted octanol–water partition coefficient (Wildman–Crippen LogP) is 4.36. The maximum Gasteiger partial charge on any atom is 0.120 e. The second-order valence-corrected chi connectivity index (χ2v) is 4.17. The molecule has 0 amide bonds. The average molecular weight is 256 g/mol. The molecule has 3 rings (SSSR count). The van der Waals surface area contributed by atoms with Crippen LogP contribution in [0.5, 0.6) is 5.75 Å². The quantitative estimate of drug-likeness (QED) is 0.758. The first-order valence-electron chi connectivity index (χ1n) is 6.80. The molecule has 1 atom stereocenters. The minimum atomic E-state index is 0.287. The number of epoxide rings is 1. The fraction of sp³-hybridized carbons (Fsp3) is 0.294. The molecule has 2 nitrogen and oxygen atoms in total. The largest absolute Gasteiger partial charge is 0.489 e. The molecule has 0 spiro atoms. The Morgan fingerprint density at radius 3 is 2.47 bits per heavy atom. The summed E-state index contributed by atoms with van der Waals surface area (Å²) in [6, 6.07) is 18.3. The highest BCUT2D eigenvalue weighted by atomic mass is 16.6. The summed E-state index contributed by atoms with van der Waals surface area (Å²) in [4.78, 5) is 0. The highest BCUT2D eigenvalue weighted by Gasteiger charge is 2.24. The van der Waals surface area contributed by atoms with Gasteiger partial charge in [0.05, 0.1) is 6.61 Å². The molecule has 0 radical (unpaired) electrons. The van der Waals surface area contributed by atoms with Crippen LogP contribution in [-0.2, 0) is 11.3 Å². The monoisotopic (exact) mass is 256 g/mol. The van der Waals surface area contributed by atoms with Gasteiger partial charge in [-0.1, -0.05) is 56.3 Å². The molecule has 0 aromatic heterocycles. The molecule has 1 aliphatic rings. The zero-order valence-corrected chi connectivity index (χ0v) is 11.5. The predicted molar refractivity (Wildman–Crippen MR) is 77.3 cm³/mol. The molecule has 2 aromatic rings. The van der Waals surface area contributed by atoms with Gasteiger partial charge in [-0.05, 0) is 23.3 Å². The van der Waals surface area contributed by atoms with Gasteiger partial charge >= 0.3 is 0 Å². The summed E-state index contributed by atoms with van der Waals surface area (Å²) in [5, 5.41) is 0. The van der Waals surface area contributed by atoms with E-state index in [4.69, 9.17) is 9.47 Å². The van der Waals surface area contributed by atoms with E-state index in [-0.39, 0.29) is 6.10 Å². The summed E-state index contributed by atoms with van der Waals surface area (Å²) in [6.45, 7) is 5.44. The van der Waals surface area contributed by atoms with Crippen LogP contribution in [0.3, 0.4) is 0 Å². The van der Waals surface area contributed by atoms with Gasteiger partial charge in [-0.2, -0.15) is 0 Å². The van der Waals surface area contributed by atoms with Gasteiger partial charge in [-0.15, -0.1) is 0 Å². The van der Waals surface area contributed by atoms with Crippen molar-refractivity contribution >= 4 is 0 Å². The summed E-state index contributed by atoms with van der Waals surface area (Å²) < 4.78 is 11.0. The molecular formula is C17H20O2. The Bertz CT molecular complexity index is 490. The summed E-state index contributed by atoms with van der Waals surface area (Å²) in [7, 11) is 0. The second-order valence-electron chi connectivity index (χ2n) is 4.17. The van der Waals surface area contributed by atoms with Gasteiger partial charge < -0.3 is 9.47 Å². The van der Waals surface area contributed by atoms with Gasteiger partial charge in [0, 0.05) is 0 Å². The first-order chi connectivity index (χ1) is 9.42. The SMILES string of the molecule is CC.c1ccc(COc2cccc([C@H]3CO3)c2)cc1. The number of benzene rings is 2. The fourth-order valence-electron chi connectivity index (χ4n) is 1.79. The van der Waals surface area contributed by atoms with Crippen LogP contribution >= 0.6 is 0 Å². The zero-order chi connectivity index (χ0) is 13.5. The van der Waals surface area contributed by atoms with Crippen LogP contribution in [0, 0.1) is 0 Å². The Balaban J connectivity index is 0.000000637. The van der Waals surface area contributed by atoms with E-state index >= 15 is 0 Å². The lowest BCUT2D eigenvalue weighted by Crippen LogP contribution is -1.95. The minimum absolute atomic E-state index is 0.287. The third kappa shape index (κ3) is 4.11. The molecular weight excluding hydrogens is 236 g/mol. The van der Waals surface area contributed by atoms with Crippen molar-refractivity contribution in [3.8, 4) is 5.75 Å². The standard InChI is InChI=1S/C15H14O2.C2H6/c1-2-5-12(6-3-1)10-16-14-8-4-7-13(9-14)15-11-17-15;1-2/h1-9,15H,10-11H2;1-2H3/t15-;/m1./s1. The van der Waals surface area contributed by atoms with Gasteiger partial charge in [0.1, 0.15) is 18.5 Å². The van der Waals surface area contributed by atoms with Crippen molar-refractivity contribution in [2.75, 3.05) is 6.61 Å². The third-order valence-electron chi connectivity index (χ3n) is 2.81. The van der Waals surface area contributed by atoms with E-state index in [1.807, 2.05) is 44.2 Å². The van der Waals surface area contributed by atoms with Gasteiger partial charge in [0.2, 0.25) is 0 Å². The first kappa shape index (κ1) is 13.6. The average Bonchev–Trinajstić information content (AvgIpc) is 3.33. The second kappa shape index (κ2) is 6.95. The molecule has 19 heavy (non-hydrogen) atoms. The van der Waals surface area contributed by atoms with Gasteiger partial charge in [0.15, 0.2) is 0 Å². The summed E-state index contributed by atoms with van der Waals surface area (Å²) in [5.41, 5.74) is 2.39. The van der Waals surface area contributed by atoms with E-state index < -0.39 is 0 Å². The van der Waals surface area contributed by atoms with Crippen LogP contribution in [0.25, 0.3) is 0 Å². The van der Waals surface area contributed by atoms with Crippen LogP contribution in [0.2, 0.25) is 0 Å². The van der Waals surface area contributed by atoms with Gasteiger partial charge in [-0.3, -0.25) is 0 Å². The molecule has 1 aliphatic heterocycles. The number of hydrogen-bond donors (Lipinski definition) is 0. The summed E-state index contributed by atoms with van der Waals surface area (Å²) in [5.74, 6) is 0.904. The highest BCUT2D eigenvalue weighted by molar-refractivity contribution is 5.31. The highest BCUT2D eigenvalue weighted by Crippen LogP contribution is 2.31. The van der Waals surface area contributed by atoms with Crippen LogP contribution in [-0.4, -0.2) is 6.61 Å². The summed E-state index contributed by atoms with van der Waals surface area (Å²) in [6.07, 6.45) is 0.287. The van der Waals surface area contributed by atoms with Crippen molar-refractivity contribution in [3.63, 3.8) is 0 Å². The van der Waals surface area contributed by atoms with Crippen molar-refractivity contribution in [1.82, 2.24) is 0 Å².